The average Bonchev–Trinajstić information content (AvgIpc) is 3.08. The monoisotopic (exact) mass is 718 g/mol. The van der Waals surface area contributed by atoms with Crippen molar-refractivity contribution in [3.05, 3.63) is 85.1 Å². The molecular weight excluding hydrogens is 651 g/mol. The molecule has 0 unspecified atom stereocenters. The zero-order valence-electron chi connectivity index (χ0n) is 31.0. The Morgan fingerprint density at radius 2 is 0.900 bits per heavy atom. The van der Waals surface area contributed by atoms with Gasteiger partial charge in [0.25, 0.3) is 0 Å². The molecule has 0 fully saturated rings. The number of phosphoric ester groups is 1. The van der Waals surface area contributed by atoms with Crippen molar-refractivity contribution in [2.75, 3.05) is 13.2 Å². The molecule has 0 aliphatic rings. The van der Waals surface area contributed by atoms with Crippen LogP contribution in [0.25, 0.3) is 0 Å². The smallest absolute Gasteiger partial charge is 0.462 e. The van der Waals surface area contributed by atoms with Gasteiger partial charge >= 0.3 is 19.8 Å². The summed E-state index contributed by atoms with van der Waals surface area (Å²) in [5.74, 6) is -1.01. The van der Waals surface area contributed by atoms with Crippen LogP contribution in [0.1, 0.15) is 142 Å². The summed E-state index contributed by atoms with van der Waals surface area (Å²) in [4.78, 5) is 42.7. The Kier molecular flexibility index (Phi) is 34.0. The summed E-state index contributed by atoms with van der Waals surface area (Å²) in [7, 11) is -4.78. The maximum Gasteiger partial charge on any atom is 0.469 e. The minimum absolute atomic E-state index is 0.147. The third kappa shape index (κ3) is 38.0. The topological polar surface area (TPSA) is 119 Å². The second-order valence-corrected chi connectivity index (χ2v) is 13.4. The van der Waals surface area contributed by atoms with Gasteiger partial charge in [-0.2, -0.15) is 0 Å². The molecule has 50 heavy (non-hydrogen) atoms. The first kappa shape index (κ1) is 47.2. The van der Waals surface area contributed by atoms with Gasteiger partial charge in [-0.05, 0) is 89.9 Å². The fourth-order valence-electron chi connectivity index (χ4n) is 4.55. The van der Waals surface area contributed by atoms with E-state index in [2.05, 4.69) is 97.4 Å². The van der Waals surface area contributed by atoms with Crippen molar-refractivity contribution in [1.82, 2.24) is 0 Å². The standard InChI is InChI=1S/C41H67O8P/c1-3-5-7-9-11-13-15-17-19-20-22-23-25-27-29-31-33-35-40(42)47-37-39(38-48-50(44,45)46)49-41(43)36-34-32-30-28-26-24-21-18-16-14-12-10-8-6-4-2/h11-14,17-19,21-23,26-29,39H,3-10,15-16,20,24-25,30-38H2,1-2H3,(H2,44,45,46)/b13-11-,14-12-,19-17-,21-18-,23-22-,28-26-,29-27-/t39-/m1/s1. The van der Waals surface area contributed by atoms with E-state index in [0.717, 1.165) is 57.8 Å². The lowest BCUT2D eigenvalue weighted by molar-refractivity contribution is -0.161. The maximum atomic E-state index is 12.3. The fourth-order valence-corrected chi connectivity index (χ4v) is 4.91. The number of hydrogen-bond acceptors (Lipinski definition) is 6. The minimum Gasteiger partial charge on any atom is -0.462 e. The Labute approximate surface area is 303 Å². The highest BCUT2D eigenvalue weighted by Gasteiger charge is 2.22. The van der Waals surface area contributed by atoms with Gasteiger partial charge in [0.15, 0.2) is 6.10 Å². The van der Waals surface area contributed by atoms with E-state index in [1.54, 1.807) is 0 Å². The largest absolute Gasteiger partial charge is 0.469 e. The van der Waals surface area contributed by atoms with Gasteiger partial charge in [0, 0.05) is 12.8 Å². The highest BCUT2D eigenvalue weighted by atomic mass is 31.2. The van der Waals surface area contributed by atoms with Crippen LogP contribution in [0.5, 0.6) is 0 Å². The summed E-state index contributed by atoms with van der Waals surface area (Å²) < 4.78 is 26.2. The molecule has 0 spiro atoms. The highest BCUT2D eigenvalue weighted by Crippen LogP contribution is 2.35. The number of ether oxygens (including phenoxy) is 2. The number of hydrogen-bond donors (Lipinski definition) is 2. The SMILES string of the molecule is CCCCC/C=C\C/C=C\C/C=C\C/C=C\CCCC(=O)OC[C@H](COP(=O)(O)O)OC(=O)CCCC/C=C\C/C=C\C/C=C\CCCCC. The van der Waals surface area contributed by atoms with Crippen LogP contribution in [-0.4, -0.2) is 41.0 Å². The number of allylic oxidation sites excluding steroid dienone is 14. The molecule has 0 aliphatic carbocycles. The first-order valence-corrected chi connectivity index (χ1v) is 20.4. The fraction of sp³-hybridized carbons (Fsp3) is 0.610. The van der Waals surface area contributed by atoms with Crippen molar-refractivity contribution in [2.24, 2.45) is 0 Å². The van der Waals surface area contributed by atoms with Crippen LogP contribution in [0.3, 0.4) is 0 Å². The number of unbranched alkanes of at least 4 members (excludes halogenated alkanes) is 9. The molecular formula is C41H67O8P. The van der Waals surface area contributed by atoms with E-state index in [9.17, 15) is 14.2 Å². The Morgan fingerprint density at radius 3 is 1.32 bits per heavy atom. The lowest BCUT2D eigenvalue weighted by Gasteiger charge is -2.18. The normalized spacial score (nSPS) is 13.4. The van der Waals surface area contributed by atoms with E-state index in [-0.39, 0.29) is 19.4 Å². The van der Waals surface area contributed by atoms with E-state index in [0.29, 0.717) is 12.8 Å². The Morgan fingerprint density at radius 1 is 0.520 bits per heavy atom. The second-order valence-electron chi connectivity index (χ2n) is 12.2. The molecule has 0 heterocycles. The molecule has 0 aliphatic heterocycles. The van der Waals surface area contributed by atoms with Gasteiger partial charge in [-0.15, -0.1) is 0 Å². The third-order valence-corrected chi connectivity index (χ3v) is 7.87. The number of phosphoric acid groups is 1. The Hall–Kier alpha value is -2.77. The summed E-state index contributed by atoms with van der Waals surface area (Å²) in [5, 5.41) is 0. The molecule has 0 aromatic rings. The van der Waals surface area contributed by atoms with Crippen LogP contribution >= 0.6 is 7.82 Å². The molecule has 9 heteroatoms. The molecule has 0 saturated carbocycles. The molecule has 0 radical (unpaired) electrons. The van der Waals surface area contributed by atoms with Crippen molar-refractivity contribution >= 4 is 19.8 Å². The van der Waals surface area contributed by atoms with Crippen molar-refractivity contribution < 1.29 is 37.9 Å². The summed E-state index contributed by atoms with van der Waals surface area (Å²) in [6.07, 6.45) is 47.4. The van der Waals surface area contributed by atoms with Gasteiger partial charge in [0.2, 0.25) is 0 Å². The van der Waals surface area contributed by atoms with E-state index < -0.39 is 32.5 Å². The van der Waals surface area contributed by atoms with Gasteiger partial charge in [-0.25, -0.2) is 4.57 Å². The average molecular weight is 719 g/mol. The minimum atomic E-state index is -4.78. The van der Waals surface area contributed by atoms with Crippen LogP contribution in [0.4, 0.5) is 0 Å². The maximum absolute atomic E-state index is 12.3. The molecule has 8 nitrogen and oxygen atoms in total. The van der Waals surface area contributed by atoms with Gasteiger partial charge in [-0.3, -0.25) is 14.1 Å². The molecule has 0 aromatic heterocycles. The molecule has 0 rings (SSSR count). The van der Waals surface area contributed by atoms with Gasteiger partial charge in [-0.1, -0.05) is 125 Å². The predicted octanol–water partition coefficient (Wildman–Crippen LogP) is 11.3. The Bertz CT molecular complexity index is 1080. The van der Waals surface area contributed by atoms with E-state index in [1.807, 2.05) is 6.08 Å². The highest BCUT2D eigenvalue weighted by molar-refractivity contribution is 7.46. The van der Waals surface area contributed by atoms with E-state index in [1.165, 1.54) is 44.9 Å². The molecule has 2 N–H and O–H groups in total. The number of carbonyl (C=O) groups excluding carboxylic acids is 2. The molecule has 0 saturated heterocycles. The molecule has 0 bridgehead atoms. The lowest BCUT2D eigenvalue weighted by Crippen LogP contribution is -2.29. The number of carbonyl (C=O) groups is 2. The van der Waals surface area contributed by atoms with E-state index in [4.69, 9.17) is 19.3 Å². The predicted molar refractivity (Wildman–Crippen MR) is 207 cm³/mol. The zero-order chi connectivity index (χ0) is 36.8. The quantitative estimate of drug-likeness (QED) is 0.0298. The summed E-state index contributed by atoms with van der Waals surface area (Å²) in [6.45, 7) is 3.52. The van der Waals surface area contributed by atoms with Crippen LogP contribution in [-0.2, 0) is 28.2 Å². The van der Waals surface area contributed by atoms with Crippen molar-refractivity contribution in [1.29, 1.82) is 0 Å². The number of rotatable bonds is 33. The van der Waals surface area contributed by atoms with Gasteiger partial charge in [0.05, 0.1) is 6.61 Å². The third-order valence-electron chi connectivity index (χ3n) is 7.39. The molecule has 0 amide bonds. The van der Waals surface area contributed by atoms with E-state index >= 15 is 0 Å². The van der Waals surface area contributed by atoms with Crippen LogP contribution < -0.4 is 0 Å². The van der Waals surface area contributed by atoms with Gasteiger partial charge in [0.1, 0.15) is 6.61 Å². The number of esters is 2. The van der Waals surface area contributed by atoms with Crippen molar-refractivity contribution in [2.45, 2.75) is 148 Å². The van der Waals surface area contributed by atoms with Crippen LogP contribution in [0, 0.1) is 0 Å². The van der Waals surface area contributed by atoms with Crippen LogP contribution in [0.15, 0.2) is 85.1 Å². The Balaban J connectivity index is 4.16. The first-order chi connectivity index (χ1) is 24.3. The molecule has 0 aromatic carbocycles. The van der Waals surface area contributed by atoms with Crippen LogP contribution in [0.2, 0.25) is 0 Å². The summed E-state index contributed by atoms with van der Waals surface area (Å²) >= 11 is 0. The second kappa shape index (κ2) is 36.0. The van der Waals surface area contributed by atoms with Crippen molar-refractivity contribution in [3.63, 3.8) is 0 Å². The van der Waals surface area contributed by atoms with Gasteiger partial charge < -0.3 is 19.3 Å². The summed E-state index contributed by atoms with van der Waals surface area (Å²) in [5.41, 5.74) is 0. The lowest BCUT2D eigenvalue weighted by atomic mass is 10.1. The zero-order valence-corrected chi connectivity index (χ0v) is 31.9. The first-order valence-electron chi connectivity index (χ1n) is 18.9. The molecule has 1 atom stereocenters. The molecule has 284 valence electrons. The summed E-state index contributed by atoms with van der Waals surface area (Å²) in [6, 6.07) is 0. The van der Waals surface area contributed by atoms with Crippen molar-refractivity contribution in [3.8, 4) is 0 Å².